The van der Waals surface area contributed by atoms with Crippen LogP contribution < -0.4 is 11.3 Å². The summed E-state index contributed by atoms with van der Waals surface area (Å²) in [7, 11) is 0. The fraction of sp³-hybridized carbons (Fsp3) is 0.182. The van der Waals surface area contributed by atoms with E-state index in [1.807, 2.05) is 19.1 Å². The average Bonchev–Trinajstić information content (AvgIpc) is 2.60. The van der Waals surface area contributed by atoms with Crippen LogP contribution in [-0.4, -0.2) is 4.57 Å². The molecular formula is C11H11BrN2OS. The number of anilines is 1. The molecule has 0 spiro atoms. The topological polar surface area (TPSA) is 48.0 Å². The van der Waals surface area contributed by atoms with Gasteiger partial charge in [-0.2, -0.15) is 0 Å². The zero-order valence-electron chi connectivity index (χ0n) is 8.74. The first-order chi connectivity index (χ1) is 7.56. The molecule has 2 N–H and O–H groups in total. The number of pyridine rings is 1. The van der Waals surface area contributed by atoms with Crippen molar-refractivity contribution in [2.45, 2.75) is 13.5 Å². The molecule has 0 aliphatic carbocycles. The van der Waals surface area contributed by atoms with Gasteiger partial charge in [-0.3, -0.25) is 4.79 Å². The van der Waals surface area contributed by atoms with E-state index in [2.05, 4.69) is 15.9 Å². The van der Waals surface area contributed by atoms with Gasteiger partial charge in [0, 0.05) is 17.1 Å². The van der Waals surface area contributed by atoms with Crippen molar-refractivity contribution in [2.24, 2.45) is 0 Å². The Labute approximate surface area is 106 Å². The second kappa shape index (κ2) is 4.43. The van der Waals surface area contributed by atoms with E-state index in [-0.39, 0.29) is 5.56 Å². The lowest BCUT2D eigenvalue weighted by atomic mass is 10.2. The Balaban J connectivity index is 2.35. The summed E-state index contributed by atoms with van der Waals surface area (Å²) in [4.78, 5) is 12.8. The van der Waals surface area contributed by atoms with Crippen LogP contribution >= 0.6 is 27.3 Å². The highest BCUT2D eigenvalue weighted by molar-refractivity contribution is 9.11. The summed E-state index contributed by atoms with van der Waals surface area (Å²) < 4.78 is 2.69. The molecule has 0 radical (unpaired) electrons. The molecular weight excluding hydrogens is 288 g/mol. The Morgan fingerprint density at radius 1 is 1.50 bits per heavy atom. The van der Waals surface area contributed by atoms with E-state index in [9.17, 15) is 4.79 Å². The predicted molar refractivity (Wildman–Crippen MR) is 71.0 cm³/mol. The van der Waals surface area contributed by atoms with Gasteiger partial charge in [0.05, 0.1) is 16.0 Å². The first-order valence-electron chi connectivity index (χ1n) is 4.77. The Morgan fingerprint density at radius 3 is 2.88 bits per heavy atom. The monoisotopic (exact) mass is 298 g/mol. The molecule has 0 unspecified atom stereocenters. The minimum Gasteiger partial charge on any atom is -0.397 e. The molecule has 84 valence electrons. The summed E-state index contributed by atoms with van der Waals surface area (Å²) in [5, 5.41) is 0. The van der Waals surface area contributed by atoms with Crippen molar-refractivity contribution in [3.63, 3.8) is 0 Å². The van der Waals surface area contributed by atoms with Crippen LogP contribution in [0.25, 0.3) is 0 Å². The quantitative estimate of drug-likeness (QED) is 0.926. The van der Waals surface area contributed by atoms with E-state index in [1.54, 1.807) is 28.2 Å². The number of nitrogen functional groups attached to an aromatic ring is 1. The van der Waals surface area contributed by atoms with Gasteiger partial charge in [0.1, 0.15) is 0 Å². The zero-order chi connectivity index (χ0) is 11.7. The maximum absolute atomic E-state index is 11.7. The molecule has 0 aliphatic heterocycles. The summed E-state index contributed by atoms with van der Waals surface area (Å²) >= 11 is 5.01. The van der Waals surface area contributed by atoms with E-state index < -0.39 is 0 Å². The highest BCUT2D eigenvalue weighted by atomic mass is 79.9. The van der Waals surface area contributed by atoms with Crippen molar-refractivity contribution in [2.75, 3.05) is 5.73 Å². The Kier molecular flexibility index (Phi) is 3.16. The van der Waals surface area contributed by atoms with E-state index in [1.165, 1.54) is 0 Å². The molecule has 0 fully saturated rings. The van der Waals surface area contributed by atoms with Gasteiger partial charge in [-0.1, -0.05) is 0 Å². The molecule has 5 heteroatoms. The van der Waals surface area contributed by atoms with Crippen LogP contribution in [0.1, 0.15) is 10.4 Å². The summed E-state index contributed by atoms with van der Waals surface area (Å²) in [5.74, 6) is 0. The summed E-state index contributed by atoms with van der Waals surface area (Å²) in [6.45, 7) is 2.41. The molecule has 3 nitrogen and oxygen atoms in total. The maximum Gasteiger partial charge on any atom is 0.251 e. The lowest BCUT2D eigenvalue weighted by Crippen LogP contribution is -2.20. The fourth-order valence-corrected chi connectivity index (χ4v) is 2.90. The maximum atomic E-state index is 11.7. The van der Waals surface area contributed by atoms with Gasteiger partial charge in [0.25, 0.3) is 5.56 Å². The minimum absolute atomic E-state index is 0.0174. The molecule has 0 saturated heterocycles. The number of thiophene rings is 1. The van der Waals surface area contributed by atoms with Crippen LogP contribution in [0.2, 0.25) is 0 Å². The number of aryl methyl sites for hydroxylation is 1. The number of nitrogens with zero attached hydrogens (tertiary/aromatic N) is 1. The zero-order valence-corrected chi connectivity index (χ0v) is 11.1. The predicted octanol–water partition coefficient (Wildman–Crippen LogP) is 2.61. The van der Waals surface area contributed by atoms with Gasteiger partial charge in [0.2, 0.25) is 0 Å². The third kappa shape index (κ3) is 2.36. The van der Waals surface area contributed by atoms with Gasteiger partial charge in [-0.05, 0) is 40.5 Å². The van der Waals surface area contributed by atoms with Gasteiger partial charge in [-0.15, -0.1) is 11.3 Å². The first kappa shape index (κ1) is 11.4. The molecule has 2 aromatic heterocycles. The van der Waals surface area contributed by atoms with E-state index in [0.717, 1.165) is 14.2 Å². The number of hydrogen-bond donors (Lipinski definition) is 1. The summed E-state index contributed by atoms with van der Waals surface area (Å²) in [6.07, 6.45) is 1.70. The number of aromatic nitrogens is 1. The summed E-state index contributed by atoms with van der Waals surface area (Å²) in [5.41, 5.74) is 7.24. The number of rotatable bonds is 2. The van der Waals surface area contributed by atoms with Gasteiger partial charge >= 0.3 is 0 Å². The van der Waals surface area contributed by atoms with Crippen molar-refractivity contribution in [1.29, 1.82) is 0 Å². The van der Waals surface area contributed by atoms with E-state index >= 15 is 0 Å². The Bertz CT molecular complexity index is 574. The molecule has 0 bridgehead atoms. The van der Waals surface area contributed by atoms with Crippen LogP contribution in [-0.2, 0) is 6.54 Å². The molecule has 16 heavy (non-hydrogen) atoms. The minimum atomic E-state index is -0.0174. The van der Waals surface area contributed by atoms with Crippen molar-refractivity contribution in [3.8, 4) is 0 Å². The lowest BCUT2D eigenvalue weighted by Gasteiger charge is -2.06. The Hall–Kier alpha value is -1.07. The van der Waals surface area contributed by atoms with Crippen molar-refractivity contribution < 1.29 is 0 Å². The third-order valence-corrected chi connectivity index (χ3v) is 3.94. The molecule has 2 heterocycles. The molecule has 2 aromatic rings. The highest BCUT2D eigenvalue weighted by Crippen LogP contribution is 2.22. The first-order valence-corrected chi connectivity index (χ1v) is 6.38. The lowest BCUT2D eigenvalue weighted by molar-refractivity contribution is 0.770. The van der Waals surface area contributed by atoms with Crippen LogP contribution in [0, 0.1) is 6.92 Å². The Morgan fingerprint density at radius 2 is 2.25 bits per heavy atom. The smallest absolute Gasteiger partial charge is 0.251 e. The second-order valence-corrected chi connectivity index (χ2v) is 6.13. The molecule has 2 rings (SSSR count). The average molecular weight is 299 g/mol. The van der Waals surface area contributed by atoms with Crippen LogP contribution in [0.4, 0.5) is 5.69 Å². The van der Waals surface area contributed by atoms with E-state index in [4.69, 9.17) is 5.73 Å². The molecule has 0 aromatic carbocycles. The van der Waals surface area contributed by atoms with Crippen molar-refractivity contribution in [3.05, 3.63) is 49.0 Å². The van der Waals surface area contributed by atoms with Crippen LogP contribution in [0.3, 0.4) is 0 Å². The largest absolute Gasteiger partial charge is 0.397 e. The highest BCUT2D eigenvalue weighted by Gasteiger charge is 2.03. The van der Waals surface area contributed by atoms with Gasteiger partial charge < -0.3 is 10.3 Å². The normalized spacial score (nSPS) is 10.6. The number of nitrogens with two attached hydrogens (primary N) is 1. The summed E-state index contributed by atoms with van der Waals surface area (Å²) in [6, 6.07) is 5.54. The van der Waals surface area contributed by atoms with Gasteiger partial charge in [0.15, 0.2) is 0 Å². The van der Waals surface area contributed by atoms with E-state index in [0.29, 0.717) is 12.2 Å². The van der Waals surface area contributed by atoms with Crippen LogP contribution in [0.15, 0.2) is 33.0 Å². The van der Waals surface area contributed by atoms with Crippen molar-refractivity contribution in [1.82, 2.24) is 4.57 Å². The number of halogens is 1. The molecule has 0 saturated carbocycles. The van der Waals surface area contributed by atoms with Crippen molar-refractivity contribution >= 4 is 33.0 Å². The number of hydrogen-bond acceptors (Lipinski definition) is 3. The molecule has 0 amide bonds. The second-order valence-electron chi connectivity index (χ2n) is 3.58. The van der Waals surface area contributed by atoms with Crippen LogP contribution in [0.5, 0.6) is 0 Å². The fourth-order valence-electron chi connectivity index (χ4n) is 1.41. The molecule has 0 atom stereocenters. The molecule has 0 aliphatic rings. The SMILES string of the molecule is Cc1cc(=O)n(Cc2ccc(Br)s2)cc1N. The van der Waals surface area contributed by atoms with Gasteiger partial charge in [-0.25, -0.2) is 0 Å². The third-order valence-electron chi connectivity index (χ3n) is 2.33. The standard InChI is InChI=1S/C11H11BrN2OS/c1-7-4-11(15)14(6-9(7)13)5-8-2-3-10(12)16-8/h2-4,6H,5,13H2,1H3.